The van der Waals surface area contributed by atoms with Gasteiger partial charge in [-0.2, -0.15) is 5.26 Å². The SMILES string of the molecule is N#C/C(=C/c1ccc(N2CCCC2)cc1F)c1ccc(Cl)cc1. The van der Waals surface area contributed by atoms with Crippen LogP contribution in [0.1, 0.15) is 24.0 Å². The van der Waals surface area contributed by atoms with Gasteiger partial charge >= 0.3 is 0 Å². The van der Waals surface area contributed by atoms with E-state index in [1.807, 2.05) is 6.07 Å². The van der Waals surface area contributed by atoms with Gasteiger partial charge in [-0.1, -0.05) is 23.7 Å². The maximum atomic E-state index is 14.4. The van der Waals surface area contributed by atoms with Crippen LogP contribution >= 0.6 is 11.6 Å². The molecule has 0 aliphatic carbocycles. The van der Waals surface area contributed by atoms with Crippen LogP contribution in [0.25, 0.3) is 11.6 Å². The summed E-state index contributed by atoms with van der Waals surface area (Å²) in [6.45, 7) is 1.95. The van der Waals surface area contributed by atoms with E-state index in [2.05, 4.69) is 11.0 Å². The largest absolute Gasteiger partial charge is 0.371 e. The average Bonchev–Trinajstić information content (AvgIpc) is 3.09. The van der Waals surface area contributed by atoms with Gasteiger partial charge in [0.05, 0.1) is 11.6 Å². The van der Waals surface area contributed by atoms with Crippen molar-refractivity contribution in [2.45, 2.75) is 12.8 Å². The predicted octanol–water partition coefficient (Wildman–Crippen LogP) is 5.14. The highest BCUT2D eigenvalue weighted by Crippen LogP contribution is 2.26. The number of anilines is 1. The summed E-state index contributed by atoms with van der Waals surface area (Å²) in [6.07, 6.45) is 3.88. The zero-order valence-corrected chi connectivity index (χ0v) is 13.4. The van der Waals surface area contributed by atoms with Gasteiger partial charge in [0, 0.05) is 29.4 Å². The highest BCUT2D eigenvalue weighted by molar-refractivity contribution is 6.30. The second-order valence-electron chi connectivity index (χ2n) is 5.58. The molecule has 2 nitrogen and oxygen atoms in total. The predicted molar refractivity (Wildman–Crippen MR) is 92.8 cm³/mol. The molecule has 23 heavy (non-hydrogen) atoms. The molecule has 0 spiro atoms. The Bertz CT molecular complexity index is 769. The summed E-state index contributed by atoms with van der Waals surface area (Å²) in [4.78, 5) is 2.18. The third kappa shape index (κ3) is 3.55. The van der Waals surface area contributed by atoms with Gasteiger partial charge < -0.3 is 4.90 Å². The molecule has 0 unspecified atom stereocenters. The second kappa shape index (κ2) is 6.85. The number of allylic oxidation sites excluding steroid dienone is 1. The molecule has 1 saturated heterocycles. The van der Waals surface area contributed by atoms with Crippen LogP contribution in [0.15, 0.2) is 42.5 Å². The van der Waals surface area contributed by atoms with E-state index in [9.17, 15) is 9.65 Å². The average molecular weight is 327 g/mol. The summed E-state index contributed by atoms with van der Waals surface area (Å²) in [5.74, 6) is -0.309. The van der Waals surface area contributed by atoms with Gasteiger partial charge in [0.1, 0.15) is 5.82 Å². The van der Waals surface area contributed by atoms with E-state index < -0.39 is 0 Å². The monoisotopic (exact) mass is 326 g/mol. The zero-order valence-electron chi connectivity index (χ0n) is 12.6. The van der Waals surface area contributed by atoms with Crippen molar-refractivity contribution >= 4 is 28.9 Å². The summed E-state index contributed by atoms with van der Waals surface area (Å²) in [5, 5.41) is 9.95. The van der Waals surface area contributed by atoms with Crippen molar-refractivity contribution in [3.8, 4) is 6.07 Å². The molecule has 0 N–H and O–H groups in total. The Morgan fingerprint density at radius 2 is 1.83 bits per heavy atom. The molecule has 2 aromatic rings. The third-order valence-corrected chi connectivity index (χ3v) is 4.28. The molecule has 2 aromatic carbocycles. The van der Waals surface area contributed by atoms with E-state index in [1.54, 1.807) is 42.5 Å². The van der Waals surface area contributed by atoms with Gasteiger partial charge in [0.25, 0.3) is 0 Å². The fraction of sp³-hybridized carbons (Fsp3) is 0.211. The summed E-state index contributed by atoms with van der Waals surface area (Å²) < 4.78 is 14.4. The molecule has 3 rings (SSSR count). The van der Waals surface area contributed by atoms with Gasteiger partial charge in [-0.05, 0) is 54.8 Å². The normalized spacial score (nSPS) is 14.8. The Balaban J connectivity index is 1.91. The third-order valence-electron chi connectivity index (χ3n) is 4.03. The first-order valence-corrected chi connectivity index (χ1v) is 7.97. The van der Waals surface area contributed by atoms with Crippen LogP contribution in [0.2, 0.25) is 5.02 Å². The molecule has 0 amide bonds. The molecular formula is C19H16ClFN2. The van der Waals surface area contributed by atoms with E-state index >= 15 is 0 Å². The molecular weight excluding hydrogens is 311 g/mol. The van der Waals surface area contributed by atoms with E-state index in [0.717, 1.165) is 37.2 Å². The van der Waals surface area contributed by atoms with Crippen LogP contribution < -0.4 is 4.90 Å². The van der Waals surface area contributed by atoms with Crippen molar-refractivity contribution in [2.75, 3.05) is 18.0 Å². The summed E-state index contributed by atoms with van der Waals surface area (Å²) >= 11 is 5.86. The van der Waals surface area contributed by atoms with Gasteiger partial charge in [-0.3, -0.25) is 0 Å². The molecule has 1 aliphatic rings. The first-order chi connectivity index (χ1) is 11.2. The molecule has 0 saturated carbocycles. The van der Waals surface area contributed by atoms with Crippen LogP contribution in [-0.2, 0) is 0 Å². The highest BCUT2D eigenvalue weighted by Gasteiger charge is 2.14. The van der Waals surface area contributed by atoms with Crippen molar-refractivity contribution in [2.24, 2.45) is 0 Å². The topological polar surface area (TPSA) is 27.0 Å². The number of rotatable bonds is 3. The minimum atomic E-state index is -0.309. The number of nitrogens with zero attached hydrogens (tertiary/aromatic N) is 2. The Morgan fingerprint density at radius 1 is 1.13 bits per heavy atom. The molecule has 0 atom stereocenters. The van der Waals surface area contributed by atoms with E-state index in [0.29, 0.717) is 16.2 Å². The summed E-state index contributed by atoms with van der Waals surface area (Å²) in [7, 11) is 0. The Kier molecular flexibility index (Phi) is 4.64. The molecule has 0 radical (unpaired) electrons. The number of nitriles is 1. The van der Waals surface area contributed by atoms with Crippen LogP contribution in [0.3, 0.4) is 0 Å². The van der Waals surface area contributed by atoms with Crippen molar-refractivity contribution in [3.63, 3.8) is 0 Å². The Hall–Kier alpha value is -2.31. The zero-order chi connectivity index (χ0) is 16.2. The van der Waals surface area contributed by atoms with Gasteiger partial charge in [0.15, 0.2) is 0 Å². The first-order valence-electron chi connectivity index (χ1n) is 7.59. The molecule has 1 aliphatic heterocycles. The van der Waals surface area contributed by atoms with Crippen molar-refractivity contribution in [3.05, 3.63) is 64.4 Å². The van der Waals surface area contributed by atoms with E-state index in [4.69, 9.17) is 11.6 Å². The van der Waals surface area contributed by atoms with Crippen LogP contribution in [0.4, 0.5) is 10.1 Å². The lowest BCUT2D eigenvalue weighted by Crippen LogP contribution is -2.17. The molecule has 0 bridgehead atoms. The Labute approximate surface area is 140 Å². The molecule has 1 fully saturated rings. The van der Waals surface area contributed by atoms with Crippen LogP contribution in [0.5, 0.6) is 0 Å². The first kappa shape index (κ1) is 15.6. The minimum absolute atomic E-state index is 0.309. The fourth-order valence-corrected chi connectivity index (χ4v) is 2.90. The summed E-state index contributed by atoms with van der Waals surface area (Å²) in [5.41, 5.74) is 2.45. The lowest BCUT2D eigenvalue weighted by molar-refractivity contribution is 0.624. The van der Waals surface area contributed by atoms with Gasteiger partial charge in [0.2, 0.25) is 0 Å². The minimum Gasteiger partial charge on any atom is -0.371 e. The quantitative estimate of drug-likeness (QED) is 0.576. The number of hydrogen-bond donors (Lipinski definition) is 0. The fourth-order valence-electron chi connectivity index (χ4n) is 2.77. The standard InChI is InChI=1S/C19H16ClFN2/c20-17-6-3-14(4-7-17)16(13-22)11-15-5-8-18(12-19(15)21)23-9-1-2-10-23/h3-8,11-12H,1-2,9-10H2/b16-11-. The van der Waals surface area contributed by atoms with Gasteiger partial charge in [-0.15, -0.1) is 0 Å². The van der Waals surface area contributed by atoms with Crippen LogP contribution in [-0.4, -0.2) is 13.1 Å². The smallest absolute Gasteiger partial charge is 0.132 e. The van der Waals surface area contributed by atoms with E-state index in [1.165, 1.54) is 0 Å². The van der Waals surface area contributed by atoms with Crippen LogP contribution in [0, 0.1) is 17.1 Å². The number of halogens is 2. The number of benzene rings is 2. The van der Waals surface area contributed by atoms with Crippen molar-refractivity contribution < 1.29 is 4.39 Å². The highest BCUT2D eigenvalue weighted by atomic mass is 35.5. The molecule has 116 valence electrons. The molecule has 1 heterocycles. The van der Waals surface area contributed by atoms with Crippen molar-refractivity contribution in [1.82, 2.24) is 0 Å². The second-order valence-corrected chi connectivity index (χ2v) is 6.01. The Morgan fingerprint density at radius 3 is 2.43 bits per heavy atom. The maximum absolute atomic E-state index is 14.4. The van der Waals surface area contributed by atoms with Crippen molar-refractivity contribution in [1.29, 1.82) is 5.26 Å². The molecule has 0 aromatic heterocycles. The number of hydrogen-bond acceptors (Lipinski definition) is 2. The molecule has 4 heteroatoms. The van der Waals surface area contributed by atoms with Gasteiger partial charge in [-0.25, -0.2) is 4.39 Å². The maximum Gasteiger partial charge on any atom is 0.132 e. The van der Waals surface area contributed by atoms with E-state index in [-0.39, 0.29) is 5.82 Å². The lowest BCUT2D eigenvalue weighted by atomic mass is 10.0. The summed E-state index contributed by atoms with van der Waals surface area (Å²) in [6, 6.07) is 14.3. The lowest BCUT2D eigenvalue weighted by Gasteiger charge is -2.17.